The van der Waals surface area contributed by atoms with Gasteiger partial charge in [-0.15, -0.1) is 0 Å². The van der Waals surface area contributed by atoms with Crippen LogP contribution in [0.25, 0.3) is 0 Å². The molecule has 1 aromatic carbocycles. The van der Waals surface area contributed by atoms with E-state index in [4.69, 9.17) is 10.00 Å². The molecule has 0 bridgehead atoms. The van der Waals surface area contributed by atoms with Crippen molar-refractivity contribution in [3.05, 3.63) is 28.8 Å². The monoisotopic (exact) mass is 203 g/mol. The molecule has 0 spiro atoms. The Morgan fingerprint density at radius 2 is 2.13 bits per heavy atom. The number of hydrogen-bond donors (Lipinski definition) is 0. The van der Waals surface area contributed by atoms with Gasteiger partial charge in [-0.25, -0.2) is 0 Å². The molecule has 0 unspecified atom stereocenters. The molecule has 0 aliphatic carbocycles. The van der Waals surface area contributed by atoms with Crippen molar-refractivity contribution in [2.45, 2.75) is 6.92 Å². The Bertz CT molecular complexity index is 432. The zero-order valence-electron chi connectivity index (χ0n) is 8.19. The molecular formula is C11H9NO3. The highest BCUT2D eigenvalue weighted by atomic mass is 16.5. The molecule has 0 heterocycles. The molecule has 0 amide bonds. The van der Waals surface area contributed by atoms with Gasteiger partial charge in [0.15, 0.2) is 6.29 Å². The summed E-state index contributed by atoms with van der Waals surface area (Å²) in [5.74, 6) is 0.237. The topological polar surface area (TPSA) is 67.2 Å². The van der Waals surface area contributed by atoms with Crippen LogP contribution < -0.4 is 4.74 Å². The molecule has 1 aromatic rings. The Labute approximate surface area is 87.1 Å². The smallest absolute Gasteiger partial charge is 0.153 e. The predicted octanol–water partition coefficient (Wildman–Crippen LogP) is 1.58. The second-order valence-electron chi connectivity index (χ2n) is 2.77. The van der Waals surface area contributed by atoms with E-state index in [1.54, 1.807) is 6.92 Å². The van der Waals surface area contributed by atoms with Crippen LogP contribution in [0, 0.1) is 11.3 Å². The summed E-state index contributed by atoms with van der Waals surface area (Å²) < 4.78 is 5.18. The first-order valence-corrected chi connectivity index (χ1v) is 4.38. The molecular weight excluding hydrogens is 194 g/mol. The van der Waals surface area contributed by atoms with Crippen molar-refractivity contribution in [2.24, 2.45) is 0 Å². The highest BCUT2D eigenvalue weighted by Gasteiger charge is 2.11. The molecule has 0 saturated carbocycles. The van der Waals surface area contributed by atoms with Gasteiger partial charge in [-0.3, -0.25) is 9.59 Å². The van der Waals surface area contributed by atoms with Crippen LogP contribution in [0.4, 0.5) is 0 Å². The van der Waals surface area contributed by atoms with Gasteiger partial charge in [0, 0.05) is 5.56 Å². The van der Waals surface area contributed by atoms with Gasteiger partial charge in [0.05, 0.1) is 17.7 Å². The van der Waals surface area contributed by atoms with E-state index in [-0.39, 0.29) is 22.4 Å². The number of carbonyl (C=O) groups excluding carboxylic acids is 2. The van der Waals surface area contributed by atoms with Crippen LogP contribution in [0.15, 0.2) is 12.1 Å². The molecule has 15 heavy (non-hydrogen) atoms. The highest BCUT2D eigenvalue weighted by molar-refractivity contribution is 5.86. The van der Waals surface area contributed by atoms with Gasteiger partial charge >= 0.3 is 0 Å². The molecule has 1 rings (SSSR count). The molecule has 0 aliphatic rings. The first-order chi connectivity index (χ1) is 7.26. The minimum absolute atomic E-state index is 0.198. The average molecular weight is 203 g/mol. The highest BCUT2D eigenvalue weighted by Crippen LogP contribution is 2.23. The Morgan fingerprint density at radius 3 is 2.60 bits per heavy atom. The van der Waals surface area contributed by atoms with Crippen molar-refractivity contribution in [3.63, 3.8) is 0 Å². The van der Waals surface area contributed by atoms with Crippen molar-refractivity contribution in [1.29, 1.82) is 5.26 Å². The van der Waals surface area contributed by atoms with Gasteiger partial charge in [-0.1, -0.05) is 0 Å². The summed E-state index contributed by atoms with van der Waals surface area (Å²) in [5.41, 5.74) is 0.707. The zero-order chi connectivity index (χ0) is 11.3. The minimum Gasteiger partial charge on any atom is -0.492 e. The van der Waals surface area contributed by atoms with Crippen LogP contribution >= 0.6 is 0 Å². The maximum Gasteiger partial charge on any atom is 0.153 e. The van der Waals surface area contributed by atoms with E-state index in [0.717, 1.165) is 0 Å². The lowest BCUT2D eigenvalue weighted by Gasteiger charge is -2.08. The normalized spacial score (nSPS) is 9.07. The Balaban J connectivity index is 3.40. The van der Waals surface area contributed by atoms with Crippen molar-refractivity contribution < 1.29 is 14.3 Å². The summed E-state index contributed by atoms with van der Waals surface area (Å²) in [4.78, 5) is 21.3. The van der Waals surface area contributed by atoms with Crippen LogP contribution in [0.3, 0.4) is 0 Å². The summed E-state index contributed by atoms with van der Waals surface area (Å²) in [6.45, 7) is 2.11. The van der Waals surface area contributed by atoms with Crippen molar-refractivity contribution in [3.8, 4) is 11.8 Å². The molecule has 0 radical (unpaired) electrons. The first-order valence-electron chi connectivity index (χ1n) is 4.38. The average Bonchev–Trinajstić information content (AvgIpc) is 2.29. The van der Waals surface area contributed by atoms with Crippen molar-refractivity contribution >= 4 is 12.6 Å². The maximum atomic E-state index is 10.7. The lowest BCUT2D eigenvalue weighted by Crippen LogP contribution is -2.00. The standard InChI is InChI=1S/C11H9NO3/c1-2-15-11-9(5-12)3-8(6-13)4-10(11)7-14/h3-4,6-7H,2H2,1H3. The number of hydrogen-bond acceptors (Lipinski definition) is 4. The lowest BCUT2D eigenvalue weighted by molar-refractivity contribution is 0.111. The van der Waals surface area contributed by atoms with Crippen LogP contribution in [0.5, 0.6) is 5.75 Å². The minimum atomic E-state index is 0.198. The lowest BCUT2D eigenvalue weighted by atomic mass is 10.1. The molecule has 0 fully saturated rings. The SMILES string of the molecule is CCOc1c(C#N)cc(C=O)cc1C=O. The third-order valence-corrected chi connectivity index (χ3v) is 1.81. The second-order valence-corrected chi connectivity index (χ2v) is 2.77. The van der Waals surface area contributed by atoms with E-state index in [9.17, 15) is 9.59 Å². The maximum absolute atomic E-state index is 10.7. The predicted molar refractivity (Wildman–Crippen MR) is 53.1 cm³/mol. The molecule has 0 aliphatic heterocycles. The van der Waals surface area contributed by atoms with Crippen LogP contribution in [0.1, 0.15) is 33.2 Å². The first kappa shape index (κ1) is 10.9. The van der Waals surface area contributed by atoms with Gasteiger partial charge in [0.1, 0.15) is 18.1 Å². The van der Waals surface area contributed by atoms with Crippen LogP contribution in [-0.2, 0) is 0 Å². The van der Waals surface area contributed by atoms with E-state index in [0.29, 0.717) is 19.2 Å². The summed E-state index contributed by atoms with van der Waals surface area (Å²) in [5, 5.41) is 8.82. The zero-order valence-corrected chi connectivity index (χ0v) is 8.19. The number of aldehydes is 2. The second kappa shape index (κ2) is 4.91. The molecule has 0 saturated heterocycles. The fraction of sp³-hybridized carbons (Fsp3) is 0.182. The number of ether oxygens (including phenoxy) is 1. The number of benzene rings is 1. The van der Waals surface area contributed by atoms with E-state index >= 15 is 0 Å². The van der Waals surface area contributed by atoms with E-state index in [2.05, 4.69) is 0 Å². The van der Waals surface area contributed by atoms with Gasteiger partial charge in [-0.2, -0.15) is 5.26 Å². The Morgan fingerprint density at radius 1 is 1.40 bits per heavy atom. The Kier molecular flexibility index (Phi) is 3.58. The molecule has 0 aromatic heterocycles. The van der Waals surface area contributed by atoms with E-state index < -0.39 is 0 Å². The largest absolute Gasteiger partial charge is 0.492 e. The van der Waals surface area contributed by atoms with E-state index in [1.807, 2.05) is 6.07 Å². The summed E-state index contributed by atoms with van der Waals surface area (Å²) in [6, 6.07) is 4.68. The fourth-order valence-electron chi connectivity index (χ4n) is 1.22. The van der Waals surface area contributed by atoms with Gasteiger partial charge in [0.2, 0.25) is 0 Å². The summed E-state index contributed by atoms with van der Waals surface area (Å²) >= 11 is 0. The molecule has 0 N–H and O–H groups in total. The number of carbonyl (C=O) groups is 2. The van der Waals surface area contributed by atoms with Gasteiger partial charge in [-0.05, 0) is 19.1 Å². The molecule has 4 nitrogen and oxygen atoms in total. The van der Waals surface area contributed by atoms with Crippen LogP contribution in [-0.4, -0.2) is 19.2 Å². The quantitative estimate of drug-likeness (QED) is 0.697. The third kappa shape index (κ3) is 2.20. The fourth-order valence-corrected chi connectivity index (χ4v) is 1.22. The van der Waals surface area contributed by atoms with Crippen molar-refractivity contribution in [1.82, 2.24) is 0 Å². The van der Waals surface area contributed by atoms with E-state index in [1.165, 1.54) is 12.1 Å². The molecule has 76 valence electrons. The van der Waals surface area contributed by atoms with Gasteiger partial charge in [0.25, 0.3) is 0 Å². The number of nitriles is 1. The van der Waals surface area contributed by atoms with Gasteiger partial charge < -0.3 is 4.74 Å². The number of nitrogens with zero attached hydrogens (tertiary/aromatic N) is 1. The van der Waals surface area contributed by atoms with Crippen molar-refractivity contribution in [2.75, 3.05) is 6.61 Å². The summed E-state index contributed by atoms with van der Waals surface area (Å²) in [6.07, 6.45) is 1.16. The number of rotatable bonds is 4. The molecule has 4 heteroatoms. The Hall–Kier alpha value is -2.15. The summed E-state index contributed by atoms with van der Waals surface area (Å²) in [7, 11) is 0. The van der Waals surface area contributed by atoms with Crippen LogP contribution in [0.2, 0.25) is 0 Å². The third-order valence-electron chi connectivity index (χ3n) is 1.81. The molecule has 0 atom stereocenters.